The van der Waals surface area contributed by atoms with Crippen molar-refractivity contribution in [2.24, 2.45) is 0 Å². The van der Waals surface area contributed by atoms with Crippen molar-refractivity contribution in [3.8, 4) is 5.69 Å². The summed E-state index contributed by atoms with van der Waals surface area (Å²) in [6.07, 6.45) is 12.9. The van der Waals surface area contributed by atoms with E-state index >= 15 is 0 Å². The highest BCUT2D eigenvalue weighted by molar-refractivity contribution is 5.92. The van der Waals surface area contributed by atoms with Crippen molar-refractivity contribution < 1.29 is 4.79 Å². The molecule has 7 heteroatoms. The Morgan fingerprint density at radius 3 is 2.88 bits per heavy atom. The van der Waals surface area contributed by atoms with E-state index in [9.17, 15) is 4.79 Å². The number of hydrogen-bond acceptors (Lipinski definition) is 4. The lowest BCUT2D eigenvalue weighted by atomic mass is 10.1. The topological polar surface area (TPSA) is 68.8 Å². The normalized spacial score (nSPS) is 17.6. The number of piperidine rings is 1. The molecule has 25 heavy (non-hydrogen) atoms. The van der Waals surface area contributed by atoms with Gasteiger partial charge in [0.2, 0.25) is 0 Å². The van der Waals surface area contributed by atoms with E-state index in [0.29, 0.717) is 12.2 Å². The number of pyridine rings is 1. The number of rotatable bonds is 3. The van der Waals surface area contributed by atoms with Gasteiger partial charge in [0.05, 0.1) is 18.1 Å². The predicted molar refractivity (Wildman–Crippen MR) is 92.5 cm³/mol. The van der Waals surface area contributed by atoms with Gasteiger partial charge >= 0.3 is 0 Å². The first-order chi connectivity index (χ1) is 12.2. The van der Waals surface area contributed by atoms with Gasteiger partial charge in [-0.25, -0.2) is 9.97 Å². The minimum absolute atomic E-state index is 0.0237. The second kappa shape index (κ2) is 6.51. The van der Waals surface area contributed by atoms with E-state index in [1.807, 2.05) is 47.2 Å². The summed E-state index contributed by atoms with van der Waals surface area (Å²) in [7, 11) is 0. The molecular weight excluding hydrogens is 316 g/mol. The molecule has 1 saturated heterocycles. The van der Waals surface area contributed by atoms with E-state index in [4.69, 9.17) is 0 Å². The van der Waals surface area contributed by atoms with Crippen LogP contribution in [-0.2, 0) is 0 Å². The lowest BCUT2D eigenvalue weighted by molar-refractivity contribution is 0.0673. The van der Waals surface area contributed by atoms with Gasteiger partial charge in [0, 0.05) is 44.1 Å². The highest BCUT2D eigenvalue weighted by Crippen LogP contribution is 2.22. The number of hydrogen-bond donors (Lipinski definition) is 0. The van der Waals surface area contributed by atoms with E-state index in [1.165, 1.54) is 0 Å². The van der Waals surface area contributed by atoms with Crippen molar-refractivity contribution in [2.45, 2.75) is 25.8 Å². The Kier molecular flexibility index (Phi) is 4.05. The Hall–Kier alpha value is -2.96. The average molecular weight is 336 g/mol. The van der Waals surface area contributed by atoms with Gasteiger partial charge in [-0.1, -0.05) is 0 Å². The van der Waals surface area contributed by atoms with E-state index in [0.717, 1.165) is 30.9 Å². The smallest absolute Gasteiger partial charge is 0.272 e. The molecule has 0 bridgehead atoms. The monoisotopic (exact) mass is 336 g/mol. The molecule has 1 atom stereocenters. The summed E-state index contributed by atoms with van der Waals surface area (Å²) < 4.78 is 4.03. The van der Waals surface area contributed by atoms with Gasteiger partial charge in [-0.3, -0.25) is 9.78 Å². The maximum absolute atomic E-state index is 12.9. The van der Waals surface area contributed by atoms with Crippen LogP contribution in [0, 0.1) is 6.92 Å². The Bertz CT molecular complexity index is 869. The molecule has 0 unspecified atom stereocenters. The van der Waals surface area contributed by atoms with Crippen molar-refractivity contribution in [1.82, 2.24) is 29.0 Å². The highest BCUT2D eigenvalue weighted by Gasteiger charge is 2.26. The first-order valence-corrected chi connectivity index (χ1v) is 8.45. The van der Waals surface area contributed by atoms with Crippen molar-refractivity contribution in [3.63, 3.8) is 0 Å². The zero-order valence-corrected chi connectivity index (χ0v) is 14.1. The van der Waals surface area contributed by atoms with Gasteiger partial charge in [-0.2, -0.15) is 0 Å². The standard InChI is InChI=1S/C18H20N6O/c1-14-20-7-10-24(14)15-4-5-21-17(11-15)18(25)22-8-2-3-16(12-22)23-9-6-19-13-23/h4-7,9-11,13,16H,2-3,8,12H2,1H3/t16-/m0/s1. The fourth-order valence-corrected chi connectivity index (χ4v) is 3.37. The minimum atomic E-state index is -0.0237. The van der Waals surface area contributed by atoms with Gasteiger partial charge in [0.1, 0.15) is 11.5 Å². The molecule has 0 aliphatic carbocycles. The first kappa shape index (κ1) is 15.6. The number of likely N-dealkylation sites (tertiary alicyclic amines) is 1. The number of aromatic nitrogens is 5. The van der Waals surface area contributed by atoms with E-state index in [1.54, 1.807) is 18.6 Å². The van der Waals surface area contributed by atoms with Gasteiger partial charge in [-0.15, -0.1) is 0 Å². The summed E-state index contributed by atoms with van der Waals surface area (Å²) in [6.45, 7) is 3.38. The second-order valence-corrected chi connectivity index (χ2v) is 6.30. The number of carbonyl (C=O) groups is 1. The van der Waals surface area contributed by atoms with Crippen LogP contribution in [0.4, 0.5) is 0 Å². The summed E-state index contributed by atoms with van der Waals surface area (Å²) >= 11 is 0. The summed E-state index contributed by atoms with van der Waals surface area (Å²) in [5.74, 6) is 0.854. The van der Waals surface area contributed by atoms with Crippen molar-refractivity contribution in [2.75, 3.05) is 13.1 Å². The molecule has 0 spiro atoms. The van der Waals surface area contributed by atoms with Crippen molar-refractivity contribution >= 4 is 5.91 Å². The van der Waals surface area contributed by atoms with Crippen LogP contribution in [0.15, 0.2) is 49.4 Å². The fraction of sp³-hybridized carbons (Fsp3) is 0.333. The van der Waals surface area contributed by atoms with Crippen LogP contribution < -0.4 is 0 Å². The number of aryl methyl sites for hydroxylation is 1. The van der Waals surface area contributed by atoms with E-state index in [2.05, 4.69) is 19.5 Å². The number of imidazole rings is 2. The van der Waals surface area contributed by atoms with E-state index < -0.39 is 0 Å². The SMILES string of the molecule is Cc1nccn1-c1ccnc(C(=O)N2CCC[C@H](n3ccnc3)C2)c1. The van der Waals surface area contributed by atoms with Gasteiger partial charge < -0.3 is 14.0 Å². The molecule has 4 heterocycles. The molecule has 1 amide bonds. The Morgan fingerprint density at radius 1 is 1.20 bits per heavy atom. The predicted octanol–water partition coefficient (Wildman–Crippen LogP) is 2.25. The second-order valence-electron chi connectivity index (χ2n) is 6.30. The largest absolute Gasteiger partial charge is 0.335 e. The van der Waals surface area contributed by atoms with Crippen LogP contribution in [0.2, 0.25) is 0 Å². The van der Waals surface area contributed by atoms with Crippen molar-refractivity contribution in [3.05, 3.63) is 61.0 Å². The molecule has 0 radical (unpaired) electrons. The Morgan fingerprint density at radius 2 is 2.12 bits per heavy atom. The molecule has 1 fully saturated rings. The molecule has 7 nitrogen and oxygen atoms in total. The van der Waals surface area contributed by atoms with Gasteiger partial charge in [0.25, 0.3) is 5.91 Å². The number of carbonyl (C=O) groups excluding carboxylic acids is 1. The van der Waals surface area contributed by atoms with Crippen LogP contribution in [0.1, 0.15) is 35.2 Å². The number of amides is 1. The van der Waals surface area contributed by atoms with Gasteiger partial charge in [0.15, 0.2) is 0 Å². The molecule has 0 aromatic carbocycles. The molecule has 0 N–H and O–H groups in total. The summed E-state index contributed by atoms with van der Waals surface area (Å²) in [6, 6.07) is 3.99. The minimum Gasteiger partial charge on any atom is -0.335 e. The van der Waals surface area contributed by atoms with Crippen molar-refractivity contribution in [1.29, 1.82) is 0 Å². The third-order valence-electron chi connectivity index (χ3n) is 4.70. The number of nitrogens with zero attached hydrogens (tertiary/aromatic N) is 6. The van der Waals surface area contributed by atoms with Gasteiger partial charge in [-0.05, 0) is 31.9 Å². The van der Waals surface area contributed by atoms with Crippen LogP contribution in [-0.4, -0.2) is 48.0 Å². The van der Waals surface area contributed by atoms with Crippen LogP contribution in [0.25, 0.3) is 5.69 Å². The molecule has 3 aromatic rings. The Labute approximate surface area is 146 Å². The molecule has 3 aromatic heterocycles. The Balaban J connectivity index is 1.55. The van der Waals surface area contributed by atoms with Crippen LogP contribution >= 0.6 is 0 Å². The summed E-state index contributed by atoms with van der Waals surface area (Å²) in [5, 5.41) is 0. The molecule has 4 rings (SSSR count). The fourth-order valence-electron chi connectivity index (χ4n) is 3.37. The average Bonchev–Trinajstić information content (AvgIpc) is 3.33. The molecule has 1 aliphatic heterocycles. The zero-order chi connectivity index (χ0) is 17.2. The molecule has 1 aliphatic rings. The summed E-state index contributed by atoms with van der Waals surface area (Å²) in [5.41, 5.74) is 1.37. The zero-order valence-electron chi connectivity index (χ0n) is 14.1. The quantitative estimate of drug-likeness (QED) is 0.736. The van der Waals surface area contributed by atoms with Crippen LogP contribution in [0.3, 0.4) is 0 Å². The lowest BCUT2D eigenvalue weighted by Crippen LogP contribution is -2.40. The third-order valence-corrected chi connectivity index (χ3v) is 4.70. The lowest BCUT2D eigenvalue weighted by Gasteiger charge is -2.33. The maximum Gasteiger partial charge on any atom is 0.272 e. The van der Waals surface area contributed by atoms with E-state index in [-0.39, 0.29) is 11.9 Å². The molecule has 0 saturated carbocycles. The van der Waals surface area contributed by atoms with Crippen LogP contribution in [0.5, 0.6) is 0 Å². The first-order valence-electron chi connectivity index (χ1n) is 8.45. The highest BCUT2D eigenvalue weighted by atomic mass is 16.2. The third kappa shape index (κ3) is 3.05. The molecular formula is C18H20N6O. The molecule has 128 valence electrons. The summed E-state index contributed by atoms with van der Waals surface area (Å²) in [4.78, 5) is 27.5. The maximum atomic E-state index is 12.9.